The minimum atomic E-state index is 0. The van der Waals surface area contributed by atoms with Crippen molar-refractivity contribution in [1.29, 1.82) is 0 Å². The zero-order chi connectivity index (χ0) is 7.68. The smallest absolute Gasteiger partial charge is 0.0399 e. The van der Waals surface area contributed by atoms with Gasteiger partial charge in [0.15, 0.2) is 0 Å². The maximum absolute atomic E-state index is 2.43. The van der Waals surface area contributed by atoms with Crippen LogP contribution in [0, 0.1) is 0 Å². The summed E-state index contributed by atoms with van der Waals surface area (Å²) in [6, 6.07) is 8.68. The van der Waals surface area contributed by atoms with Crippen LogP contribution in [0.15, 0.2) is 24.3 Å². The van der Waals surface area contributed by atoms with E-state index in [2.05, 4.69) is 36.1 Å². The second kappa shape index (κ2) is 3.59. The molecule has 1 aromatic carbocycles. The molecule has 2 rings (SSSR count). The lowest BCUT2D eigenvalue weighted by Gasteiger charge is -2.15. The molecule has 0 spiro atoms. The number of hydrogen-bond acceptors (Lipinski definition) is 2. The number of para-hydroxylation sites is 1. The summed E-state index contributed by atoms with van der Waals surface area (Å²) < 4.78 is 0. The van der Waals surface area contributed by atoms with Crippen LogP contribution in [0.5, 0.6) is 0 Å². The monoisotopic (exact) mass is 164 g/mol. The third-order valence-corrected chi connectivity index (χ3v) is 2.37. The van der Waals surface area contributed by atoms with E-state index in [9.17, 15) is 0 Å². The summed E-state index contributed by atoms with van der Waals surface area (Å²) in [6.45, 7) is 4.55. The lowest BCUT2D eigenvalue weighted by Crippen LogP contribution is -2.18. The Hall–Kier alpha value is -1.02. The first kappa shape index (κ1) is 9.07. The highest BCUT2D eigenvalue weighted by atomic mass is 15.1. The van der Waals surface area contributed by atoms with Crippen LogP contribution in [-0.4, -0.2) is 13.1 Å². The molecule has 0 saturated carbocycles. The number of anilines is 1. The van der Waals surface area contributed by atoms with E-state index in [1.165, 1.54) is 24.2 Å². The summed E-state index contributed by atoms with van der Waals surface area (Å²) in [5.74, 6) is 0. The van der Waals surface area contributed by atoms with Gasteiger partial charge in [0, 0.05) is 18.8 Å². The van der Waals surface area contributed by atoms with Crippen molar-refractivity contribution in [3.8, 4) is 0 Å². The molecule has 1 aliphatic rings. The van der Waals surface area contributed by atoms with Crippen LogP contribution in [0.1, 0.15) is 12.5 Å². The van der Waals surface area contributed by atoms with E-state index >= 15 is 0 Å². The Kier molecular flexibility index (Phi) is 2.71. The average molecular weight is 164 g/mol. The van der Waals surface area contributed by atoms with Gasteiger partial charge in [-0.1, -0.05) is 18.2 Å². The highest BCUT2D eigenvalue weighted by Gasteiger charge is 2.15. The van der Waals surface area contributed by atoms with Crippen LogP contribution in [0.3, 0.4) is 0 Å². The van der Waals surface area contributed by atoms with E-state index in [4.69, 9.17) is 0 Å². The van der Waals surface area contributed by atoms with Gasteiger partial charge in [0.2, 0.25) is 0 Å². The molecule has 0 bridgehead atoms. The lowest BCUT2D eigenvalue weighted by molar-refractivity contribution is 0.868. The average Bonchev–Trinajstić information content (AvgIpc) is 2.47. The van der Waals surface area contributed by atoms with Gasteiger partial charge < -0.3 is 11.1 Å². The molecule has 0 radical (unpaired) electrons. The van der Waals surface area contributed by atoms with Gasteiger partial charge in [-0.15, -0.1) is 0 Å². The van der Waals surface area contributed by atoms with E-state index < -0.39 is 0 Å². The number of fused-ring (bicyclic) bond motifs is 1. The molecule has 12 heavy (non-hydrogen) atoms. The third kappa shape index (κ3) is 1.30. The van der Waals surface area contributed by atoms with Crippen molar-refractivity contribution in [2.75, 3.05) is 18.0 Å². The molecule has 66 valence electrons. The Morgan fingerprint density at radius 2 is 2.08 bits per heavy atom. The highest BCUT2D eigenvalue weighted by Crippen LogP contribution is 2.26. The number of rotatable bonds is 1. The van der Waals surface area contributed by atoms with Crippen molar-refractivity contribution in [3.63, 3.8) is 0 Å². The van der Waals surface area contributed by atoms with Crippen molar-refractivity contribution in [3.05, 3.63) is 29.8 Å². The van der Waals surface area contributed by atoms with Crippen LogP contribution in [0.2, 0.25) is 0 Å². The normalized spacial score (nSPS) is 13.9. The van der Waals surface area contributed by atoms with Gasteiger partial charge in [0.25, 0.3) is 0 Å². The molecule has 0 fully saturated rings. The summed E-state index contributed by atoms with van der Waals surface area (Å²) in [6.07, 6.45) is 1.23. The van der Waals surface area contributed by atoms with Crippen LogP contribution < -0.4 is 11.1 Å². The first-order chi connectivity index (χ1) is 5.42. The molecule has 0 saturated heterocycles. The van der Waals surface area contributed by atoms with Crippen LogP contribution in [-0.2, 0) is 6.42 Å². The first-order valence-electron chi connectivity index (χ1n) is 4.24. The Morgan fingerprint density at radius 1 is 1.33 bits per heavy atom. The minimum Gasteiger partial charge on any atom is -0.371 e. The highest BCUT2D eigenvalue weighted by molar-refractivity contribution is 5.57. The Balaban J connectivity index is 0.000000720. The fraction of sp³-hybridized carbons (Fsp3) is 0.400. The van der Waals surface area contributed by atoms with Gasteiger partial charge in [-0.05, 0) is 25.0 Å². The first-order valence-corrected chi connectivity index (χ1v) is 4.24. The van der Waals surface area contributed by atoms with Crippen molar-refractivity contribution in [2.24, 2.45) is 0 Å². The van der Waals surface area contributed by atoms with Gasteiger partial charge in [-0.25, -0.2) is 0 Å². The second-order valence-corrected chi connectivity index (χ2v) is 2.96. The molecule has 0 unspecified atom stereocenters. The van der Waals surface area contributed by atoms with Crippen LogP contribution >= 0.6 is 0 Å². The maximum Gasteiger partial charge on any atom is 0.0399 e. The Morgan fingerprint density at radius 3 is 2.83 bits per heavy atom. The Labute approximate surface area is 73.8 Å². The molecule has 0 aliphatic carbocycles. The Bertz CT molecular complexity index is 258. The zero-order valence-electron chi connectivity index (χ0n) is 7.59. The summed E-state index contributed by atoms with van der Waals surface area (Å²) >= 11 is 0. The van der Waals surface area contributed by atoms with Crippen molar-refractivity contribution < 1.29 is 0 Å². The molecule has 0 aromatic heterocycles. The molecular weight excluding hydrogens is 148 g/mol. The van der Waals surface area contributed by atoms with E-state index in [1.54, 1.807) is 0 Å². The van der Waals surface area contributed by atoms with Crippen molar-refractivity contribution in [2.45, 2.75) is 13.3 Å². The molecule has 1 aliphatic heterocycles. The molecule has 0 atom stereocenters. The second-order valence-electron chi connectivity index (χ2n) is 2.96. The molecule has 2 nitrogen and oxygen atoms in total. The minimum absolute atomic E-state index is 0. The van der Waals surface area contributed by atoms with E-state index in [1.807, 2.05) is 0 Å². The standard InChI is InChI=1S/C10H13N.H3N/c1-2-11-8-7-9-5-3-4-6-10(9)11;/h3-6H,2,7-8H2,1H3;1H3. The van der Waals surface area contributed by atoms with Gasteiger partial charge in [0.05, 0.1) is 0 Å². The van der Waals surface area contributed by atoms with Gasteiger partial charge in [-0.3, -0.25) is 0 Å². The van der Waals surface area contributed by atoms with E-state index in [0.29, 0.717) is 0 Å². The molecule has 2 heteroatoms. The molecule has 3 N–H and O–H groups in total. The van der Waals surface area contributed by atoms with Gasteiger partial charge in [-0.2, -0.15) is 0 Å². The van der Waals surface area contributed by atoms with Gasteiger partial charge >= 0.3 is 0 Å². The lowest BCUT2D eigenvalue weighted by atomic mass is 10.2. The molecule has 0 amide bonds. The third-order valence-electron chi connectivity index (χ3n) is 2.37. The summed E-state index contributed by atoms with van der Waals surface area (Å²) in [4.78, 5) is 2.43. The van der Waals surface area contributed by atoms with E-state index in [-0.39, 0.29) is 6.15 Å². The largest absolute Gasteiger partial charge is 0.371 e. The fourth-order valence-corrected chi connectivity index (χ4v) is 1.74. The molecule has 1 aromatic rings. The molecular formula is C10H16N2. The topological polar surface area (TPSA) is 38.2 Å². The number of nitrogens with zero attached hydrogens (tertiary/aromatic N) is 1. The van der Waals surface area contributed by atoms with Crippen LogP contribution in [0.25, 0.3) is 0 Å². The SMILES string of the molecule is CCN1CCc2ccccc21.N. The number of hydrogen-bond donors (Lipinski definition) is 1. The predicted molar refractivity (Wildman–Crippen MR) is 53.1 cm³/mol. The number of likely N-dealkylation sites (N-methyl/N-ethyl adjacent to an activating group) is 1. The maximum atomic E-state index is 2.43. The quantitative estimate of drug-likeness (QED) is 0.691. The zero-order valence-corrected chi connectivity index (χ0v) is 7.59. The summed E-state index contributed by atoms with van der Waals surface area (Å²) in [5, 5.41) is 0. The number of benzene rings is 1. The predicted octanol–water partition coefficient (Wildman–Crippen LogP) is 2.23. The van der Waals surface area contributed by atoms with Crippen molar-refractivity contribution >= 4 is 5.69 Å². The van der Waals surface area contributed by atoms with Crippen molar-refractivity contribution in [1.82, 2.24) is 6.15 Å². The fourth-order valence-electron chi connectivity index (χ4n) is 1.74. The molecule has 1 heterocycles. The summed E-state index contributed by atoms with van der Waals surface area (Å²) in [5.41, 5.74) is 2.95. The summed E-state index contributed by atoms with van der Waals surface area (Å²) in [7, 11) is 0. The van der Waals surface area contributed by atoms with Gasteiger partial charge in [0.1, 0.15) is 0 Å². The van der Waals surface area contributed by atoms with E-state index in [0.717, 1.165) is 6.54 Å². The van der Waals surface area contributed by atoms with Crippen LogP contribution in [0.4, 0.5) is 5.69 Å².